The number of aldehydes is 1. The summed E-state index contributed by atoms with van der Waals surface area (Å²) in [7, 11) is 0. The van der Waals surface area contributed by atoms with Crippen molar-refractivity contribution in [2.24, 2.45) is 5.92 Å². The average molecular weight is 410 g/mol. The number of H-pyrrole nitrogens is 1. The maximum absolute atomic E-state index is 10.8. The first-order valence-corrected chi connectivity index (χ1v) is 10.5. The van der Waals surface area contributed by atoms with E-state index in [2.05, 4.69) is 37.4 Å². The standard InChI is InChI=1S/C20H26N8O2/c1-13-11-27(7-8-29)6-5-16(13)24-20-25-19-18(30-15-3-2-4-15)17(14-9-22-23-10-14)21-12-28(19)26-20/h8-10,12-13,15-16H,2-7,11H2,1H3,(H,22,23)(H,24,26)/t13-,16+/m1/s1. The first-order valence-electron chi connectivity index (χ1n) is 10.5. The van der Waals surface area contributed by atoms with Gasteiger partial charge in [-0.05, 0) is 31.6 Å². The minimum Gasteiger partial charge on any atom is -0.484 e. The summed E-state index contributed by atoms with van der Waals surface area (Å²) in [5.74, 6) is 1.61. The molecule has 3 aromatic rings. The van der Waals surface area contributed by atoms with Crippen LogP contribution in [0.2, 0.25) is 0 Å². The Morgan fingerprint density at radius 2 is 2.27 bits per heavy atom. The molecule has 5 rings (SSSR count). The first-order chi connectivity index (χ1) is 14.7. The van der Waals surface area contributed by atoms with Crippen molar-refractivity contribution >= 4 is 17.9 Å². The monoisotopic (exact) mass is 410 g/mol. The van der Waals surface area contributed by atoms with Crippen molar-refractivity contribution in [2.75, 3.05) is 25.0 Å². The van der Waals surface area contributed by atoms with E-state index in [1.165, 1.54) is 6.42 Å². The number of ether oxygens (including phenoxy) is 1. The van der Waals surface area contributed by atoms with Gasteiger partial charge in [0.05, 0.1) is 18.8 Å². The molecule has 1 aliphatic carbocycles. The zero-order valence-corrected chi connectivity index (χ0v) is 17.0. The maximum atomic E-state index is 10.8. The quantitative estimate of drug-likeness (QED) is 0.567. The van der Waals surface area contributed by atoms with E-state index >= 15 is 0 Å². The number of carbonyl (C=O) groups excluding carboxylic acids is 1. The molecule has 30 heavy (non-hydrogen) atoms. The van der Waals surface area contributed by atoms with E-state index in [1.54, 1.807) is 23.2 Å². The van der Waals surface area contributed by atoms with Crippen LogP contribution in [0.3, 0.4) is 0 Å². The Morgan fingerprint density at radius 3 is 2.97 bits per heavy atom. The van der Waals surface area contributed by atoms with Gasteiger partial charge in [0.1, 0.15) is 18.3 Å². The predicted molar refractivity (Wildman–Crippen MR) is 110 cm³/mol. The Balaban J connectivity index is 1.42. The molecule has 0 amide bonds. The van der Waals surface area contributed by atoms with E-state index in [4.69, 9.17) is 9.72 Å². The predicted octanol–water partition coefficient (Wildman–Crippen LogP) is 1.77. The van der Waals surface area contributed by atoms with Crippen LogP contribution in [0.1, 0.15) is 32.6 Å². The van der Waals surface area contributed by atoms with Crippen LogP contribution in [0.4, 0.5) is 5.95 Å². The third kappa shape index (κ3) is 3.62. The highest BCUT2D eigenvalue weighted by Gasteiger charge is 2.28. The minimum atomic E-state index is 0.193. The molecule has 0 radical (unpaired) electrons. The molecule has 2 fully saturated rings. The number of aromatic nitrogens is 6. The summed E-state index contributed by atoms with van der Waals surface area (Å²) in [6.45, 7) is 4.45. The number of fused-ring (bicyclic) bond motifs is 1. The van der Waals surface area contributed by atoms with Crippen LogP contribution in [0.5, 0.6) is 5.75 Å². The summed E-state index contributed by atoms with van der Waals surface area (Å²) >= 11 is 0. The number of anilines is 1. The van der Waals surface area contributed by atoms with Gasteiger partial charge in [-0.3, -0.25) is 10.00 Å². The van der Waals surface area contributed by atoms with Crippen molar-refractivity contribution in [2.45, 2.75) is 44.8 Å². The van der Waals surface area contributed by atoms with Gasteiger partial charge < -0.3 is 14.8 Å². The molecule has 158 valence electrons. The van der Waals surface area contributed by atoms with Gasteiger partial charge in [-0.25, -0.2) is 4.98 Å². The smallest absolute Gasteiger partial charge is 0.243 e. The Morgan fingerprint density at radius 1 is 1.37 bits per heavy atom. The van der Waals surface area contributed by atoms with E-state index in [9.17, 15) is 4.79 Å². The van der Waals surface area contributed by atoms with Crippen LogP contribution < -0.4 is 10.1 Å². The molecule has 4 heterocycles. The second kappa shape index (κ2) is 8.02. The van der Waals surface area contributed by atoms with Crippen molar-refractivity contribution in [3.8, 4) is 17.0 Å². The molecule has 1 aliphatic heterocycles. The van der Waals surface area contributed by atoms with E-state index in [-0.39, 0.29) is 12.1 Å². The molecule has 2 atom stereocenters. The first kappa shape index (κ1) is 19.0. The normalized spacial score (nSPS) is 22.7. The highest BCUT2D eigenvalue weighted by Crippen LogP contribution is 2.35. The SMILES string of the molecule is C[C@@H]1CN(CC=O)CC[C@@H]1Nc1nc2c(OC3CCC3)c(-c3cn[nH]c3)ncn2n1. The topological polar surface area (TPSA) is 113 Å². The Kier molecular flexibility index (Phi) is 5.07. The van der Waals surface area contributed by atoms with Gasteiger partial charge in [0.15, 0.2) is 5.75 Å². The molecule has 2 N–H and O–H groups in total. The van der Waals surface area contributed by atoms with Gasteiger partial charge in [-0.15, -0.1) is 5.10 Å². The van der Waals surface area contributed by atoms with E-state index in [0.717, 1.165) is 49.9 Å². The van der Waals surface area contributed by atoms with Gasteiger partial charge in [0.25, 0.3) is 0 Å². The molecule has 0 aromatic carbocycles. The number of carbonyl (C=O) groups is 1. The van der Waals surface area contributed by atoms with Gasteiger partial charge in [-0.2, -0.15) is 14.6 Å². The number of likely N-dealkylation sites (tertiary alicyclic amines) is 1. The van der Waals surface area contributed by atoms with Gasteiger partial charge >= 0.3 is 0 Å². The van der Waals surface area contributed by atoms with Crippen molar-refractivity contribution < 1.29 is 9.53 Å². The van der Waals surface area contributed by atoms with Crippen molar-refractivity contribution in [1.29, 1.82) is 0 Å². The molecule has 10 heteroatoms. The highest BCUT2D eigenvalue weighted by atomic mass is 16.5. The fourth-order valence-corrected chi connectivity index (χ4v) is 4.13. The van der Waals surface area contributed by atoms with E-state index < -0.39 is 0 Å². The number of rotatable bonds is 7. The molecular weight excluding hydrogens is 384 g/mol. The molecule has 2 aliphatic rings. The summed E-state index contributed by atoms with van der Waals surface area (Å²) in [5.41, 5.74) is 2.24. The van der Waals surface area contributed by atoms with Gasteiger partial charge in [-0.1, -0.05) is 6.92 Å². The van der Waals surface area contributed by atoms with Crippen molar-refractivity contribution in [3.63, 3.8) is 0 Å². The lowest BCUT2D eigenvalue weighted by Crippen LogP contribution is -2.45. The van der Waals surface area contributed by atoms with Gasteiger partial charge in [0, 0.05) is 30.9 Å². The lowest BCUT2D eigenvalue weighted by molar-refractivity contribution is -0.109. The number of nitrogens with zero attached hydrogens (tertiary/aromatic N) is 6. The number of hydrogen-bond acceptors (Lipinski definition) is 8. The largest absolute Gasteiger partial charge is 0.484 e. The molecule has 10 nitrogen and oxygen atoms in total. The van der Waals surface area contributed by atoms with Crippen LogP contribution in [-0.4, -0.2) is 72.7 Å². The summed E-state index contributed by atoms with van der Waals surface area (Å²) in [4.78, 5) is 22.3. The van der Waals surface area contributed by atoms with Crippen LogP contribution >= 0.6 is 0 Å². The number of nitrogens with one attached hydrogen (secondary N) is 2. The fourth-order valence-electron chi connectivity index (χ4n) is 4.13. The zero-order valence-electron chi connectivity index (χ0n) is 17.0. The zero-order chi connectivity index (χ0) is 20.5. The molecule has 0 unspecified atom stereocenters. The number of aromatic amines is 1. The lowest BCUT2D eigenvalue weighted by Gasteiger charge is -2.36. The molecule has 1 saturated carbocycles. The lowest BCUT2D eigenvalue weighted by atomic mass is 9.94. The maximum Gasteiger partial charge on any atom is 0.243 e. The van der Waals surface area contributed by atoms with Crippen LogP contribution in [0, 0.1) is 5.92 Å². The summed E-state index contributed by atoms with van der Waals surface area (Å²) in [5, 5.41) is 15.0. The fraction of sp³-hybridized carbons (Fsp3) is 0.550. The second-order valence-electron chi connectivity index (χ2n) is 8.23. The minimum absolute atomic E-state index is 0.193. The molecule has 1 saturated heterocycles. The number of piperidine rings is 1. The number of hydrogen-bond donors (Lipinski definition) is 2. The van der Waals surface area contributed by atoms with Crippen LogP contribution in [-0.2, 0) is 4.79 Å². The van der Waals surface area contributed by atoms with E-state index in [1.807, 2.05) is 0 Å². The molecule has 0 bridgehead atoms. The summed E-state index contributed by atoms with van der Waals surface area (Å²) in [6.07, 6.45) is 10.6. The highest BCUT2D eigenvalue weighted by molar-refractivity contribution is 5.74. The summed E-state index contributed by atoms with van der Waals surface area (Å²) < 4.78 is 7.96. The third-order valence-electron chi connectivity index (χ3n) is 6.09. The molecule has 3 aromatic heterocycles. The Hall–Kier alpha value is -3.01. The average Bonchev–Trinajstić information content (AvgIpc) is 3.36. The van der Waals surface area contributed by atoms with Crippen molar-refractivity contribution in [3.05, 3.63) is 18.7 Å². The molecule has 0 spiro atoms. The van der Waals surface area contributed by atoms with E-state index in [0.29, 0.717) is 29.8 Å². The summed E-state index contributed by atoms with van der Waals surface area (Å²) in [6, 6.07) is 0.252. The second-order valence-corrected chi connectivity index (χ2v) is 8.23. The Labute approximate surface area is 174 Å². The van der Waals surface area contributed by atoms with Crippen molar-refractivity contribution in [1.82, 2.24) is 34.7 Å². The third-order valence-corrected chi connectivity index (χ3v) is 6.09. The Bertz CT molecular complexity index is 1010. The molecular formula is C20H26N8O2. The van der Waals surface area contributed by atoms with Gasteiger partial charge in [0.2, 0.25) is 11.6 Å². The van der Waals surface area contributed by atoms with Crippen LogP contribution in [0.15, 0.2) is 18.7 Å². The van der Waals surface area contributed by atoms with Crippen LogP contribution in [0.25, 0.3) is 16.9 Å².